The largest absolute Gasteiger partial charge is 0.504 e. The SMILES string of the molecule is COc1cccc(C(=O)NCCC(C)Br)c1O. The summed E-state index contributed by atoms with van der Waals surface area (Å²) < 4.78 is 4.94. The summed E-state index contributed by atoms with van der Waals surface area (Å²) in [6, 6.07) is 4.83. The first-order valence-corrected chi connectivity index (χ1v) is 6.26. The van der Waals surface area contributed by atoms with E-state index in [1.807, 2.05) is 6.92 Å². The van der Waals surface area contributed by atoms with Gasteiger partial charge in [-0.2, -0.15) is 0 Å². The summed E-state index contributed by atoms with van der Waals surface area (Å²) in [6.45, 7) is 2.57. The van der Waals surface area contributed by atoms with Crippen LogP contribution in [0.1, 0.15) is 23.7 Å². The number of nitrogens with one attached hydrogen (secondary N) is 1. The van der Waals surface area contributed by atoms with Crippen LogP contribution >= 0.6 is 15.9 Å². The number of benzene rings is 1. The monoisotopic (exact) mass is 301 g/mol. The van der Waals surface area contributed by atoms with E-state index in [9.17, 15) is 9.90 Å². The second-order valence-corrected chi connectivity index (χ2v) is 5.24. The van der Waals surface area contributed by atoms with E-state index in [4.69, 9.17) is 4.74 Å². The molecule has 0 bridgehead atoms. The Morgan fingerprint density at radius 3 is 2.88 bits per heavy atom. The zero-order valence-corrected chi connectivity index (χ0v) is 11.5. The molecule has 0 aliphatic carbocycles. The fourth-order valence-electron chi connectivity index (χ4n) is 1.35. The lowest BCUT2D eigenvalue weighted by molar-refractivity contribution is 0.0950. The number of phenolic OH excluding ortho intramolecular Hbond substituents is 1. The molecule has 0 spiro atoms. The highest BCUT2D eigenvalue weighted by molar-refractivity contribution is 9.09. The van der Waals surface area contributed by atoms with Crippen molar-refractivity contribution in [2.24, 2.45) is 0 Å². The number of amides is 1. The van der Waals surface area contributed by atoms with Gasteiger partial charge in [0.25, 0.3) is 5.91 Å². The number of aromatic hydroxyl groups is 1. The molecule has 0 aliphatic heterocycles. The van der Waals surface area contributed by atoms with Gasteiger partial charge in [0, 0.05) is 11.4 Å². The minimum absolute atomic E-state index is 0.126. The van der Waals surface area contributed by atoms with Gasteiger partial charge >= 0.3 is 0 Å². The molecular weight excluding hydrogens is 286 g/mol. The number of hydrogen-bond acceptors (Lipinski definition) is 3. The number of ether oxygens (including phenoxy) is 1. The number of para-hydroxylation sites is 1. The number of carbonyl (C=O) groups is 1. The van der Waals surface area contributed by atoms with E-state index >= 15 is 0 Å². The van der Waals surface area contributed by atoms with Crippen LogP contribution in [0, 0.1) is 0 Å². The Morgan fingerprint density at radius 2 is 2.29 bits per heavy atom. The molecule has 0 heterocycles. The molecule has 1 aromatic carbocycles. The predicted molar refractivity (Wildman–Crippen MR) is 70.0 cm³/mol. The number of halogens is 1. The molecule has 1 aromatic rings. The number of phenols is 1. The van der Waals surface area contributed by atoms with Crippen molar-refractivity contribution < 1.29 is 14.6 Å². The van der Waals surface area contributed by atoms with Gasteiger partial charge in [-0.25, -0.2) is 0 Å². The molecule has 0 radical (unpaired) electrons. The lowest BCUT2D eigenvalue weighted by Gasteiger charge is -2.09. The highest BCUT2D eigenvalue weighted by Crippen LogP contribution is 2.29. The molecule has 4 nitrogen and oxygen atoms in total. The molecule has 0 aromatic heterocycles. The lowest BCUT2D eigenvalue weighted by Crippen LogP contribution is -2.25. The minimum atomic E-state index is -0.297. The maximum absolute atomic E-state index is 11.8. The first-order chi connectivity index (χ1) is 8.06. The van der Waals surface area contributed by atoms with Crippen LogP contribution in [-0.2, 0) is 0 Å². The van der Waals surface area contributed by atoms with Crippen LogP contribution in [0.25, 0.3) is 0 Å². The summed E-state index contributed by atoms with van der Waals surface area (Å²) in [5.41, 5.74) is 0.228. The van der Waals surface area contributed by atoms with E-state index in [0.29, 0.717) is 17.1 Å². The van der Waals surface area contributed by atoms with Crippen LogP contribution < -0.4 is 10.1 Å². The van der Waals surface area contributed by atoms with Gasteiger partial charge in [0.05, 0.1) is 12.7 Å². The van der Waals surface area contributed by atoms with Crippen molar-refractivity contribution in [1.29, 1.82) is 0 Å². The van der Waals surface area contributed by atoms with E-state index in [-0.39, 0.29) is 17.2 Å². The van der Waals surface area contributed by atoms with Gasteiger partial charge in [-0.3, -0.25) is 4.79 Å². The normalized spacial score (nSPS) is 11.9. The van der Waals surface area contributed by atoms with Crippen molar-refractivity contribution in [1.82, 2.24) is 5.32 Å². The summed E-state index contributed by atoms with van der Waals surface area (Å²) in [5, 5.41) is 12.5. The van der Waals surface area contributed by atoms with Crippen LogP contribution in [0.3, 0.4) is 0 Å². The first-order valence-electron chi connectivity index (χ1n) is 5.34. The number of methoxy groups -OCH3 is 1. The second-order valence-electron chi connectivity index (χ2n) is 3.68. The van der Waals surface area contributed by atoms with Crippen LogP contribution in [0.4, 0.5) is 0 Å². The Balaban J connectivity index is 2.69. The van der Waals surface area contributed by atoms with E-state index in [1.165, 1.54) is 7.11 Å². The van der Waals surface area contributed by atoms with Gasteiger partial charge in [0.15, 0.2) is 11.5 Å². The third-order valence-electron chi connectivity index (χ3n) is 2.29. The van der Waals surface area contributed by atoms with Crippen molar-refractivity contribution in [2.75, 3.05) is 13.7 Å². The molecule has 1 unspecified atom stereocenters. The van der Waals surface area contributed by atoms with E-state index in [1.54, 1.807) is 18.2 Å². The molecule has 1 amide bonds. The summed E-state index contributed by atoms with van der Waals surface area (Å²) >= 11 is 3.40. The third-order valence-corrected chi connectivity index (χ3v) is 2.75. The topological polar surface area (TPSA) is 58.6 Å². The summed E-state index contributed by atoms with van der Waals surface area (Å²) in [5.74, 6) is -0.125. The highest BCUT2D eigenvalue weighted by atomic mass is 79.9. The Bertz CT molecular complexity index is 393. The van der Waals surface area contributed by atoms with Crippen molar-refractivity contribution in [2.45, 2.75) is 18.2 Å². The molecule has 0 fully saturated rings. The molecule has 1 atom stereocenters. The fourth-order valence-corrected chi connectivity index (χ4v) is 1.58. The Hall–Kier alpha value is -1.23. The molecule has 0 aliphatic rings. The van der Waals surface area contributed by atoms with Crippen molar-refractivity contribution in [3.63, 3.8) is 0 Å². The zero-order valence-electron chi connectivity index (χ0n) is 9.87. The van der Waals surface area contributed by atoms with E-state index in [2.05, 4.69) is 21.2 Å². The van der Waals surface area contributed by atoms with Gasteiger partial charge in [-0.15, -0.1) is 0 Å². The molecule has 0 saturated carbocycles. The van der Waals surface area contributed by atoms with Gasteiger partial charge in [-0.1, -0.05) is 28.9 Å². The Kier molecular flexibility index (Phi) is 5.28. The molecule has 1 rings (SSSR count). The molecule has 0 saturated heterocycles. The van der Waals surface area contributed by atoms with E-state index < -0.39 is 0 Å². The first kappa shape index (κ1) is 13.8. The fraction of sp³-hybridized carbons (Fsp3) is 0.417. The van der Waals surface area contributed by atoms with Crippen molar-refractivity contribution >= 4 is 21.8 Å². The highest BCUT2D eigenvalue weighted by Gasteiger charge is 2.14. The molecule has 17 heavy (non-hydrogen) atoms. The minimum Gasteiger partial charge on any atom is -0.504 e. The average Bonchev–Trinajstić information content (AvgIpc) is 2.28. The van der Waals surface area contributed by atoms with Gasteiger partial charge < -0.3 is 15.2 Å². The Labute approximate surface area is 109 Å². The smallest absolute Gasteiger partial charge is 0.255 e. The van der Waals surface area contributed by atoms with Gasteiger partial charge in [0.1, 0.15) is 0 Å². The maximum atomic E-state index is 11.8. The molecular formula is C12H16BrNO3. The number of alkyl halides is 1. The number of hydrogen-bond donors (Lipinski definition) is 2. The van der Waals surface area contributed by atoms with Crippen LogP contribution in [0.15, 0.2) is 18.2 Å². The van der Waals surface area contributed by atoms with Crippen molar-refractivity contribution in [3.8, 4) is 11.5 Å². The quantitative estimate of drug-likeness (QED) is 0.821. The second kappa shape index (κ2) is 6.49. The molecule has 5 heteroatoms. The van der Waals surface area contributed by atoms with Gasteiger partial charge in [0.2, 0.25) is 0 Å². The lowest BCUT2D eigenvalue weighted by atomic mass is 10.1. The van der Waals surface area contributed by atoms with E-state index in [0.717, 1.165) is 6.42 Å². The number of rotatable bonds is 5. The van der Waals surface area contributed by atoms with Crippen molar-refractivity contribution in [3.05, 3.63) is 23.8 Å². The maximum Gasteiger partial charge on any atom is 0.255 e. The predicted octanol–water partition coefficient (Wildman–Crippen LogP) is 2.30. The average molecular weight is 302 g/mol. The summed E-state index contributed by atoms with van der Waals surface area (Å²) in [4.78, 5) is 12.1. The number of carbonyl (C=O) groups excluding carboxylic acids is 1. The zero-order chi connectivity index (χ0) is 12.8. The van der Waals surface area contributed by atoms with Crippen LogP contribution in [-0.4, -0.2) is 29.5 Å². The third kappa shape index (κ3) is 3.93. The standard InChI is InChI=1S/C12H16BrNO3/c1-8(13)6-7-14-12(16)9-4-3-5-10(17-2)11(9)15/h3-5,8,15H,6-7H2,1-2H3,(H,14,16). The Morgan fingerprint density at radius 1 is 1.59 bits per heavy atom. The summed E-state index contributed by atoms with van der Waals surface area (Å²) in [6.07, 6.45) is 0.830. The summed E-state index contributed by atoms with van der Waals surface area (Å²) in [7, 11) is 1.45. The molecule has 2 N–H and O–H groups in total. The van der Waals surface area contributed by atoms with Crippen LogP contribution in [0.5, 0.6) is 11.5 Å². The van der Waals surface area contributed by atoms with Crippen LogP contribution in [0.2, 0.25) is 0 Å². The molecule has 94 valence electrons. The van der Waals surface area contributed by atoms with Gasteiger partial charge in [-0.05, 0) is 18.6 Å².